The number of hydrogen-bond acceptors (Lipinski definition) is 5. The van der Waals surface area contributed by atoms with E-state index in [4.69, 9.17) is 14.5 Å². The predicted octanol–water partition coefficient (Wildman–Crippen LogP) is -5.16. The van der Waals surface area contributed by atoms with Crippen LogP contribution in [0.1, 0.15) is 31.3 Å². The summed E-state index contributed by atoms with van der Waals surface area (Å²) in [7, 11) is 3.36. The Morgan fingerprint density at radius 2 is 1.69 bits per heavy atom. The lowest BCUT2D eigenvalue weighted by Crippen LogP contribution is -3.26. The van der Waals surface area contributed by atoms with E-state index in [1.807, 2.05) is 47.1 Å². The molecule has 39 heavy (non-hydrogen) atoms. The summed E-state index contributed by atoms with van der Waals surface area (Å²) in [4.78, 5) is 26.1. The van der Waals surface area contributed by atoms with Crippen molar-refractivity contribution in [3.8, 4) is 11.6 Å². The van der Waals surface area contributed by atoms with Gasteiger partial charge in [-0.2, -0.15) is 4.98 Å². The molecule has 1 saturated heterocycles. The van der Waals surface area contributed by atoms with Crippen LogP contribution < -0.4 is 49.6 Å². The zero-order valence-corrected chi connectivity index (χ0v) is 24.6. The minimum absolute atomic E-state index is 0. The summed E-state index contributed by atoms with van der Waals surface area (Å²) in [5, 5.41) is 0. The fraction of sp³-hybridized carbons (Fsp3) is 0.464. The SMILES string of the molecule is CCc1nc(C)c2c(=O)n(CCCC[NH+]3CC[NH+](c4ccccc4OC)CC3)c3ccc(OC)nc3n12.[Cl-].[Cl-]. The van der Waals surface area contributed by atoms with Crippen molar-refractivity contribution in [2.75, 3.05) is 46.9 Å². The van der Waals surface area contributed by atoms with E-state index in [9.17, 15) is 4.79 Å². The van der Waals surface area contributed by atoms with Crippen molar-refractivity contribution in [1.82, 2.24) is 18.9 Å². The van der Waals surface area contributed by atoms with Crippen LogP contribution in [0.3, 0.4) is 0 Å². The van der Waals surface area contributed by atoms with Crippen LogP contribution in [0.15, 0.2) is 41.2 Å². The molecule has 1 aliphatic heterocycles. The molecule has 0 saturated carbocycles. The number of fused-ring (bicyclic) bond motifs is 3. The summed E-state index contributed by atoms with van der Waals surface area (Å²) >= 11 is 0. The maximum absolute atomic E-state index is 13.6. The molecule has 1 aromatic carbocycles. The third-order valence-corrected chi connectivity index (χ3v) is 7.64. The number of nitrogens with zero attached hydrogens (tertiary/aromatic N) is 4. The lowest BCUT2D eigenvalue weighted by atomic mass is 10.2. The largest absolute Gasteiger partial charge is 1.00 e. The van der Waals surface area contributed by atoms with Crippen molar-refractivity contribution in [1.29, 1.82) is 0 Å². The third kappa shape index (κ3) is 6.01. The molecule has 0 radical (unpaired) electrons. The first-order chi connectivity index (χ1) is 18.0. The highest BCUT2D eigenvalue weighted by Crippen LogP contribution is 2.21. The van der Waals surface area contributed by atoms with Crippen LogP contribution in [0.4, 0.5) is 5.69 Å². The number of rotatable bonds is 9. The Labute approximate surface area is 241 Å². The number of para-hydroxylation sites is 2. The second-order valence-corrected chi connectivity index (χ2v) is 9.82. The number of halogens is 2. The van der Waals surface area contributed by atoms with E-state index in [1.165, 1.54) is 10.6 Å². The maximum Gasteiger partial charge on any atom is 0.277 e. The molecule has 0 amide bonds. The van der Waals surface area contributed by atoms with Gasteiger partial charge in [0.25, 0.3) is 5.56 Å². The average molecular weight is 578 g/mol. The Kier molecular flexibility index (Phi) is 10.6. The number of unbranched alkanes of at least 4 members (excludes halogenated alkanes) is 1. The van der Waals surface area contributed by atoms with Crippen molar-refractivity contribution >= 4 is 22.4 Å². The molecule has 0 aliphatic carbocycles. The second kappa shape index (κ2) is 13.5. The van der Waals surface area contributed by atoms with Crippen molar-refractivity contribution < 1.29 is 44.1 Å². The van der Waals surface area contributed by atoms with Gasteiger partial charge in [0.1, 0.15) is 37.5 Å². The molecule has 212 valence electrons. The number of nitrogens with one attached hydrogen (secondary N) is 2. The topological polar surface area (TPSA) is 79.5 Å². The third-order valence-electron chi connectivity index (χ3n) is 7.64. The molecule has 11 heteroatoms. The normalized spacial score (nSPS) is 17.0. The zero-order valence-electron chi connectivity index (χ0n) is 23.1. The van der Waals surface area contributed by atoms with Crippen molar-refractivity contribution in [2.24, 2.45) is 0 Å². The predicted molar refractivity (Wildman–Crippen MR) is 144 cm³/mol. The number of pyridine rings is 1. The van der Waals surface area contributed by atoms with E-state index < -0.39 is 0 Å². The number of piperazine rings is 1. The van der Waals surface area contributed by atoms with Gasteiger partial charge >= 0.3 is 0 Å². The van der Waals surface area contributed by atoms with E-state index in [-0.39, 0.29) is 30.4 Å². The molecular weight excluding hydrogens is 539 g/mol. The highest BCUT2D eigenvalue weighted by Gasteiger charge is 2.26. The Morgan fingerprint density at radius 1 is 0.949 bits per heavy atom. The lowest BCUT2D eigenvalue weighted by Gasteiger charge is -2.30. The van der Waals surface area contributed by atoms with E-state index in [1.54, 1.807) is 19.1 Å². The van der Waals surface area contributed by atoms with Crippen LogP contribution >= 0.6 is 0 Å². The fourth-order valence-corrected chi connectivity index (χ4v) is 5.68. The van der Waals surface area contributed by atoms with E-state index >= 15 is 0 Å². The molecule has 5 rings (SSSR count). The van der Waals surface area contributed by atoms with Gasteiger partial charge in [-0.15, -0.1) is 0 Å². The minimum atomic E-state index is 0. The van der Waals surface area contributed by atoms with Crippen molar-refractivity contribution in [2.45, 2.75) is 39.7 Å². The Morgan fingerprint density at radius 3 is 2.38 bits per heavy atom. The summed E-state index contributed by atoms with van der Waals surface area (Å²) in [6.07, 6.45) is 2.74. The molecule has 2 N–H and O–H groups in total. The number of aryl methyl sites for hydroxylation is 3. The van der Waals surface area contributed by atoms with Gasteiger partial charge in [0.2, 0.25) is 5.88 Å². The zero-order chi connectivity index (χ0) is 25.9. The smallest absolute Gasteiger partial charge is 0.277 e. The number of quaternary nitrogens is 2. The van der Waals surface area contributed by atoms with Crippen molar-refractivity contribution in [3.63, 3.8) is 0 Å². The quantitative estimate of drug-likeness (QED) is 0.195. The first kappa shape index (κ1) is 30.7. The molecule has 4 aromatic rings. The number of hydrogen-bond donors (Lipinski definition) is 2. The Bertz CT molecular complexity index is 1460. The molecule has 1 aliphatic rings. The van der Waals surface area contributed by atoms with Crippen LogP contribution in [0, 0.1) is 6.92 Å². The van der Waals surface area contributed by atoms with E-state index in [0.29, 0.717) is 17.9 Å². The van der Waals surface area contributed by atoms with Gasteiger partial charge in [0, 0.05) is 25.1 Å². The molecule has 4 heterocycles. The summed E-state index contributed by atoms with van der Waals surface area (Å²) in [6.45, 7) is 10.2. The molecule has 1 fully saturated rings. The highest BCUT2D eigenvalue weighted by molar-refractivity contribution is 5.77. The number of aromatic nitrogens is 4. The molecule has 0 unspecified atom stereocenters. The van der Waals surface area contributed by atoms with Crippen LogP contribution in [-0.2, 0) is 13.0 Å². The van der Waals surface area contributed by atoms with Crippen LogP contribution in [-0.4, -0.2) is 65.9 Å². The number of ether oxygens (including phenoxy) is 2. The average Bonchev–Trinajstić information content (AvgIpc) is 3.29. The lowest BCUT2D eigenvalue weighted by molar-refractivity contribution is -0.986. The van der Waals surface area contributed by atoms with Crippen LogP contribution in [0.2, 0.25) is 0 Å². The second-order valence-electron chi connectivity index (χ2n) is 9.82. The molecule has 9 nitrogen and oxygen atoms in total. The summed E-state index contributed by atoms with van der Waals surface area (Å²) in [5.41, 5.74) is 4.19. The van der Waals surface area contributed by atoms with Gasteiger partial charge in [0.15, 0.2) is 17.1 Å². The molecule has 0 bridgehead atoms. The van der Waals surface area contributed by atoms with Crippen molar-refractivity contribution in [3.05, 3.63) is 58.3 Å². The first-order valence-electron chi connectivity index (χ1n) is 13.3. The fourth-order valence-electron chi connectivity index (χ4n) is 5.68. The Hall–Kier alpha value is -2.85. The summed E-state index contributed by atoms with van der Waals surface area (Å²) in [6, 6.07) is 12.1. The maximum atomic E-state index is 13.6. The van der Waals surface area contributed by atoms with Gasteiger partial charge in [0.05, 0.1) is 32.0 Å². The summed E-state index contributed by atoms with van der Waals surface area (Å²) < 4.78 is 14.8. The van der Waals surface area contributed by atoms with Gasteiger partial charge in [-0.05, 0) is 31.9 Å². The van der Waals surface area contributed by atoms with Gasteiger partial charge < -0.3 is 43.8 Å². The highest BCUT2D eigenvalue weighted by atomic mass is 35.5. The number of imidazole rings is 1. The van der Waals surface area contributed by atoms with E-state index in [2.05, 4.69) is 17.1 Å². The standard InChI is InChI=1S/C28H36N6O3.2ClH/c1-5-24-29-20(2)26-28(35)33(22-12-13-25(37-4)30-27(22)34(24)26)15-9-8-14-31-16-18-32(19-17-31)21-10-6-7-11-23(21)36-3;;/h6-7,10-13H,5,8-9,14-19H2,1-4H3;2*1H. The molecule has 0 atom stereocenters. The molecule has 0 spiro atoms. The number of benzene rings is 1. The number of methoxy groups -OCH3 is 2. The summed E-state index contributed by atoms with van der Waals surface area (Å²) in [5.74, 6) is 2.35. The van der Waals surface area contributed by atoms with E-state index in [0.717, 1.165) is 80.4 Å². The molecular formula is C28H38Cl2N6O3. The van der Waals surface area contributed by atoms with Gasteiger partial charge in [-0.1, -0.05) is 19.1 Å². The monoisotopic (exact) mass is 576 g/mol. The minimum Gasteiger partial charge on any atom is -1.00 e. The van der Waals surface area contributed by atoms with Gasteiger partial charge in [-0.3, -0.25) is 14.1 Å². The van der Waals surface area contributed by atoms with Gasteiger partial charge in [-0.25, -0.2) is 4.98 Å². The van der Waals surface area contributed by atoms with Crippen LogP contribution in [0.5, 0.6) is 11.6 Å². The first-order valence-corrected chi connectivity index (χ1v) is 13.3. The molecule has 3 aromatic heterocycles. The Balaban J connectivity index is 0.00000210. The van der Waals surface area contributed by atoms with Crippen LogP contribution in [0.25, 0.3) is 16.7 Å².